The van der Waals surface area contributed by atoms with Crippen molar-refractivity contribution in [2.75, 3.05) is 23.9 Å². The Bertz CT molecular complexity index is 713. The maximum absolute atomic E-state index is 11.1. The molecule has 0 radical (unpaired) electrons. The first-order valence-corrected chi connectivity index (χ1v) is 9.52. The second kappa shape index (κ2) is 6.24. The summed E-state index contributed by atoms with van der Waals surface area (Å²) in [5.74, 6) is 0.829. The van der Waals surface area contributed by atoms with Crippen molar-refractivity contribution in [3.63, 3.8) is 0 Å². The van der Waals surface area contributed by atoms with Crippen LogP contribution in [0, 0.1) is 0 Å². The van der Waals surface area contributed by atoms with E-state index in [4.69, 9.17) is 11.6 Å². The zero-order valence-corrected chi connectivity index (χ0v) is 13.7. The average Bonchev–Trinajstić information content (AvgIpc) is 2.76. The standard InChI is InChI=1S/C12H16ClN3O2S2/c1-3-8-7-9-10(14-5-4-6-20(2,17)18)15-12(13)16-11(9)19-8/h7H,3-6H2,1-2H3,(H,14,15,16). The molecule has 1 N–H and O–H groups in total. The molecule has 2 rings (SSSR count). The van der Waals surface area contributed by atoms with Crippen LogP contribution >= 0.6 is 22.9 Å². The Kier molecular flexibility index (Phi) is 4.82. The van der Waals surface area contributed by atoms with Crippen molar-refractivity contribution in [3.8, 4) is 0 Å². The summed E-state index contributed by atoms with van der Waals surface area (Å²) in [5, 5.41) is 4.29. The molecule has 0 saturated heterocycles. The minimum Gasteiger partial charge on any atom is -0.369 e. The third-order valence-electron chi connectivity index (χ3n) is 2.75. The van der Waals surface area contributed by atoms with E-state index in [0.29, 0.717) is 18.8 Å². The number of aryl methyl sites for hydroxylation is 1. The van der Waals surface area contributed by atoms with Crippen LogP contribution in [-0.2, 0) is 16.3 Å². The minimum atomic E-state index is -2.93. The lowest BCUT2D eigenvalue weighted by Crippen LogP contribution is -2.10. The second-order valence-corrected chi connectivity index (χ2v) is 8.25. The van der Waals surface area contributed by atoms with Crippen molar-refractivity contribution in [3.05, 3.63) is 16.2 Å². The van der Waals surface area contributed by atoms with Gasteiger partial charge in [0, 0.05) is 17.7 Å². The summed E-state index contributed by atoms with van der Waals surface area (Å²) >= 11 is 7.51. The largest absolute Gasteiger partial charge is 0.369 e. The van der Waals surface area contributed by atoms with E-state index in [9.17, 15) is 8.42 Å². The summed E-state index contributed by atoms with van der Waals surface area (Å²) in [4.78, 5) is 10.5. The monoisotopic (exact) mass is 333 g/mol. The lowest BCUT2D eigenvalue weighted by Gasteiger charge is -2.06. The van der Waals surface area contributed by atoms with E-state index < -0.39 is 9.84 Å². The van der Waals surface area contributed by atoms with Crippen molar-refractivity contribution in [2.24, 2.45) is 0 Å². The van der Waals surface area contributed by atoms with Crippen LogP contribution in [0.5, 0.6) is 0 Å². The smallest absolute Gasteiger partial charge is 0.225 e. The molecular weight excluding hydrogens is 318 g/mol. The Morgan fingerprint density at radius 3 is 2.80 bits per heavy atom. The van der Waals surface area contributed by atoms with Gasteiger partial charge in [-0.15, -0.1) is 11.3 Å². The Balaban J connectivity index is 2.14. The van der Waals surface area contributed by atoms with Gasteiger partial charge in [-0.05, 0) is 30.5 Å². The Labute approximate surface area is 127 Å². The minimum absolute atomic E-state index is 0.159. The molecule has 2 aromatic heterocycles. The zero-order chi connectivity index (χ0) is 14.8. The van der Waals surface area contributed by atoms with Crippen LogP contribution in [0.25, 0.3) is 10.2 Å². The van der Waals surface area contributed by atoms with Crippen LogP contribution in [0.3, 0.4) is 0 Å². The van der Waals surface area contributed by atoms with Crippen molar-refractivity contribution in [2.45, 2.75) is 19.8 Å². The quantitative estimate of drug-likeness (QED) is 0.650. The predicted molar refractivity (Wildman–Crippen MR) is 84.6 cm³/mol. The van der Waals surface area contributed by atoms with Crippen LogP contribution in [0.4, 0.5) is 5.82 Å². The third kappa shape index (κ3) is 4.04. The number of fused-ring (bicyclic) bond motifs is 1. The Morgan fingerprint density at radius 1 is 1.40 bits per heavy atom. The number of anilines is 1. The summed E-state index contributed by atoms with van der Waals surface area (Å²) in [6, 6.07) is 2.05. The van der Waals surface area contributed by atoms with E-state index in [1.54, 1.807) is 11.3 Å². The normalized spacial score (nSPS) is 11.9. The zero-order valence-electron chi connectivity index (χ0n) is 11.3. The maximum atomic E-state index is 11.1. The van der Waals surface area contributed by atoms with Crippen molar-refractivity contribution in [1.29, 1.82) is 0 Å². The van der Waals surface area contributed by atoms with Crippen molar-refractivity contribution >= 4 is 48.8 Å². The highest BCUT2D eigenvalue weighted by atomic mass is 35.5. The molecule has 5 nitrogen and oxygen atoms in total. The molecule has 110 valence electrons. The Hall–Kier alpha value is -0.920. The van der Waals surface area contributed by atoms with E-state index >= 15 is 0 Å². The molecule has 0 saturated carbocycles. The predicted octanol–water partition coefficient (Wildman–Crippen LogP) is 2.75. The molecule has 0 aliphatic heterocycles. The highest BCUT2D eigenvalue weighted by Gasteiger charge is 2.10. The number of aromatic nitrogens is 2. The molecule has 0 aliphatic carbocycles. The molecule has 0 spiro atoms. The molecule has 0 fully saturated rings. The molecule has 0 unspecified atom stereocenters. The molecule has 20 heavy (non-hydrogen) atoms. The lowest BCUT2D eigenvalue weighted by atomic mass is 10.3. The molecule has 0 aliphatic rings. The number of sulfone groups is 1. The number of nitrogens with zero attached hydrogens (tertiary/aromatic N) is 2. The molecular formula is C12H16ClN3O2S2. The van der Waals surface area contributed by atoms with Gasteiger partial charge >= 0.3 is 0 Å². The molecule has 0 amide bonds. The van der Waals surface area contributed by atoms with Gasteiger partial charge in [0.15, 0.2) is 0 Å². The average molecular weight is 334 g/mol. The number of rotatable bonds is 6. The molecule has 2 heterocycles. The van der Waals surface area contributed by atoms with E-state index in [0.717, 1.165) is 16.6 Å². The maximum Gasteiger partial charge on any atom is 0.225 e. The fourth-order valence-electron chi connectivity index (χ4n) is 1.80. The van der Waals surface area contributed by atoms with Gasteiger partial charge in [0.1, 0.15) is 20.5 Å². The van der Waals surface area contributed by atoms with Crippen LogP contribution in [-0.4, -0.2) is 36.9 Å². The van der Waals surface area contributed by atoms with E-state index in [1.807, 2.05) is 0 Å². The van der Waals surface area contributed by atoms with Gasteiger partial charge in [-0.1, -0.05) is 6.92 Å². The first-order valence-electron chi connectivity index (χ1n) is 6.26. The van der Waals surface area contributed by atoms with E-state index in [-0.39, 0.29) is 11.0 Å². The van der Waals surface area contributed by atoms with Crippen LogP contribution in [0.2, 0.25) is 5.28 Å². The van der Waals surface area contributed by atoms with E-state index in [2.05, 4.69) is 28.3 Å². The van der Waals surface area contributed by atoms with Crippen LogP contribution in [0.1, 0.15) is 18.2 Å². The van der Waals surface area contributed by atoms with Gasteiger partial charge in [-0.3, -0.25) is 0 Å². The van der Waals surface area contributed by atoms with Crippen LogP contribution < -0.4 is 5.32 Å². The molecule has 0 atom stereocenters. The number of thiophene rings is 1. The Morgan fingerprint density at radius 2 is 2.15 bits per heavy atom. The van der Waals surface area contributed by atoms with Gasteiger partial charge in [-0.25, -0.2) is 18.4 Å². The molecule has 2 aromatic rings. The van der Waals surface area contributed by atoms with Gasteiger partial charge < -0.3 is 5.32 Å². The highest BCUT2D eigenvalue weighted by Crippen LogP contribution is 2.30. The molecule has 0 aromatic carbocycles. The van der Waals surface area contributed by atoms with Gasteiger partial charge in [0.2, 0.25) is 5.28 Å². The molecule has 0 bridgehead atoms. The fraction of sp³-hybridized carbons (Fsp3) is 0.500. The van der Waals surface area contributed by atoms with Gasteiger partial charge in [-0.2, -0.15) is 0 Å². The topological polar surface area (TPSA) is 72.0 Å². The number of halogens is 1. The van der Waals surface area contributed by atoms with Gasteiger partial charge in [0.05, 0.1) is 11.1 Å². The lowest BCUT2D eigenvalue weighted by molar-refractivity contribution is 0.600. The second-order valence-electron chi connectivity index (χ2n) is 4.54. The SMILES string of the molecule is CCc1cc2c(NCCCS(C)(=O)=O)nc(Cl)nc2s1. The summed E-state index contributed by atoms with van der Waals surface area (Å²) in [7, 11) is -2.93. The third-order valence-corrected chi connectivity index (χ3v) is 5.12. The summed E-state index contributed by atoms with van der Waals surface area (Å²) in [6.45, 7) is 2.62. The summed E-state index contributed by atoms with van der Waals surface area (Å²) < 4.78 is 22.2. The van der Waals surface area contributed by atoms with E-state index in [1.165, 1.54) is 11.1 Å². The number of hydrogen-bond acceptors (Lipinski definition) is 6. The van der Waals surface area contributed by atoms with Crippen molar-refractivity contribution in [1.82, 2.24) is 9.97 Å². The fourth-order valence-corrected chi connectivity index (χ4v) is 3.65. The van der Waals surface area contributed by atoms with Gasteiger partial charge in [0.25, 0.3) is 0 Å². The number of nitrogens with one attached hydrogen (secondary N) is 1. The summed E-state index contributed by atoms with van der Waals surface area (Å²) in [6.07, 6.45) is 2.71. The highest BCUT2D eigenvalue weighted by molar-refractivity contribution is 7.90. The summed E-state index contributed by atoms with van der Waals surface area (Å²) in [5.41, 5.74) is 0. The van der Waals surface area contributed by atoms with Crippen LogP contribution in [0.15, 0.2) is 6.07 Å². The number of hydrogen-bond donors (Lipinski definition) is 1. The molecule has 8 heteroatoms. The van der Waals surface area contributed by atoms with Crippen molar-refractivity contribution < 1.29 is 8.42 Å². The first-order chi connectivity index (χ1) is 9.39. The first kappa shape index (κ1) is 15.5.